The predicted octanol–water partition coefficient (Wildman–Crippen LogP) is 2.60. The van der Waals surface area contributed by atoms with Crippen LogP contribution >= 0.6 is 0 Å². The summed E-state index contributed by atoms with van der Waals surface area (Å²) in [7, 11) is 0. The van der Waals surface area contributed by atoms with Crippen LogP contribution in [0, 0.1) is 24.2 Å². The number of aryl methyl sites for hydroxylation is 2. The molecule has 2 atom stereocenters. The maximum absolute atomic E-state index is 5.34. The molecule has 14 heavy (non-hydrogen) atoms. The first-order chi connectivity index (χ1) is 6.51. The van der Waals surface area contributed by atoms with E-state index in [1.807, 2.05) is 6.92 Å². The SMILES string of the molecule is Cc1nnc(CCC2C(C)C2(C)C)o1. The van der Waals surface area contributed by atoms with E-state index in [2.05, 4.69) is 31.0 Å². The largest absolute Gasteiger partial charge is 0.426 e. The molecule has 2 unspecified atom stereocenters. The lowest BCUT2D eigenvalue weighted by Gasteiger charge is -1.99. The van der Waals surface area contributed by atoms with E-state index in [0.717, 1.165) is 24.1 Å². The molecule has 0 bridgehead atoms. The van der Waals surface area contributed by atoms with Crippen molar-refractivity contribution in [1.29, 1.82) is 0 Å². The summed E-state index contributed by atoms with van der Waals surface area (Å²) in [5, 5.41) is 7.83. The van der Waals surface area contributed by atoms with Gasteiger partial charge in [-0.1, -0.05) is 20.8 Å². The number of rotatable bonds is 3. The van der Waals surface area contributed by atoms with Crippen LogP contribution in [0.2, 0.25) is 0 Å². The molecule has 1 heterocycles. The highest BCUT2D eigenvalue weighted by molar-refractivity contribution is 5.02. The van der Waals surface area contributed by atoms with E-state index in [1.165, 1.54) is 6.42 Å². The molecule has 0 aromatic carbocycles. The molecule has 78 valence electrons. The van der Waals surface area contributed by atoms with Gasteiger partial charge in [-0.3, -0.25) is 0 Å². The summed E-state index contributed by atoms with van der Waals surface area (Å²) in [6.07, 6.45) is 2.11. The fourth-order valence-electron chi connectivity index (χ4n) is 2.36. The predicted molar refractivity (Wildman–Crippen MR) is 53.8 cm³/mol. The Morgan fingerprint density at radius 2 is 2.00 bits per heavy atom. The number of hydrogen-bond donors (Lipinski definition) is 0. The molecular weight excluding hydrogens is 176 g/mol. The van der Waals surface area contributed by atoms with Crippen molar-refractivity contribution in [3.05, 3.63) is 11.8 Å². The van der Waals surface area contributed by atoms with Crippen molar-refractivity contribution in [2.24, 2.45) is 17.3 Å². The van der Waals surface area contributed by atoms with Crippen molar-refractivity contribution >= 4 is 0 Å². The highest BCUT2D eigenvalue weighted by Crippen LogP contribution is 2.59. The summed E-state index contributed by atoms with van der Waals surface area (Å²) < 4.78 is 5.34. The van der Waals surface area contributed by atoms with Crippen LogP contribution in [0.4, 0.5) is 0 Å². The van der Waals surface area contributed by atoms with E-state index in [0.29, 0.717) is 11.3 Å². The van der Waals surface area contributed by atoms with Crippen molar-refractivity contribution in [3.63, 3.8) is 0 Å². The second-order valence-electron chi connectivity index (χ2n) is 4.97. The van der Waals surface area contributed by atoms with Crippen LogP contribution < -0.4 is 0 Å². The smallest absolute Gasteiger partial charge is 0.216 e. The molecule has 0 amide bonds. The maximum atomic E-state index is 5.34. The molecule has 0 saturated heterocycles. The number of hydrogen-bond acceptors (Lipinski definition) is 3. The van der Waals surface area contributed by atoms with Crippen molar-refractivity contribution in [2.75, 3.05) is 0 Å². The highest BCUT2D eigenvalue weighted by Gasteiger charge is 2.53. The summed E-state index contributed by atoms with van der Waals surface area (Å²) in [5.74, 6) is 3.13. The lowest BCUT2D eigenvalue weighted by atomic mass is 10.1. The van der Waals surface area contributed by atoms with Crippen LogP contribution in [0.5, 0.6) is 0 Å². The van der Waals surface area contributed by atoms with Crippen LogP contribution in [-0.2, 0) is 6.42 Å². The van der Waals surface area contributed by atoms with Gasteiger partial charge in [0.25, 0.3) is 0 Å². The zero-order valence-corrected chi connectivity index (χ0v) is 9.37. The molecule has 1 aromatic rings. The molecule has 0 N–H and O–H groups in total. The average Bonchev–Trinajstić information content (AvgIpc) is 2.50. The van der Waals surface area contributed by atoms with Gasteiger partial charge in [-0.05, 0) is 23.7 Å². The molecule has 3 heteroatoms. The van der Waals surface area contributed by atoms with Gasteiger partial charge in [0.05, 0.1) is 0 Å². The zero-order valence-electron chi connectivity index (χ0n) is 9.37. The molecule has 3 nitrogen and oxygen atoms in total. The lowest BCUT2D eigenvalue weighted by molar-refractivity contribution is 0.443. The van der Waals surface area contributed by atoms with E-state index in [4.69, 9.17) is 4.42 Å². The first-order valence-corrected chi connectivity index (χ1v) is 5.31. The first-order valence-electron chi connectivity index (χ1n) is 5.31. The van der Waals surface area contributed by atoms with Gasteiger partial charge in [-0.2, -0.15) is 0 Å². The van der Waals surface area contributed by atoms with Crippen molar-refractivity contribution in [3.8, 4) is 0 Å². The summed E-state index contributed by atoms with van der Waals surface area (Å²) >= 11 is 0. The maximum Gasteiger partial charge on any atom is 0.216 e. The van der Waals surface area contributed by atoms with Crippen LogP contribution in [-0.4, -0.2) is 10.2 Å². The van der Waals surface area contributed by atoms with Gasteiger partial charge >= 0.3 is 0 Å². The fraction of sp³-hybridized carbons (Fsp3) is 0.818. The second kappa shape index (κ2) is 3.07. The molecule has 1 aliphatic carbocycles. The summed E-state index contributed by atoms with van der Waals surface area (Å²) in [5.41, 5.74) is 0.523. The average molecular weight is 194 g/mol. The van der Waals surface area contributed by atoms with E-state index >= 15 is 0 Å². The Labute approximate surface area is 84.9 Å². The molecule has 0 radical (unpaired) electrons. The van der Waals surface area contributed by atoms with Crippen LogP contribution in [0.3, 0.4) is 0 Å². The van der Waals surface area contributed by atoms with Gasteiger partial charge in [-0.25, -0.2) is 0 Å². The molecule has 1 aromatic heterocycles. The Morgan fingerprint density at radius 3 is 2.43 bits per heavy atom. The van der Waals surface area contributed by atoms with E-state index < -0.39 is 0 Å². The summed E-state index contributed by atoms with van der Waals surface area (Å²) in [6, 6.07) is 0. The summed E-state index contributed by atoms with van der Waals surface area (Å²) in [4.78, 5) is 0. The Balaban J connectivity index is 1.85. The molecule has 0 aliphatic heterocycles. The Morgan fingerprint density at radius 1 is 1.36 bits per heavy atom. The van der Waals surface area contributed by atoms with E-state index in [9.17, 15) is 0 Å². The van der Waals surface area contributed by atoms with Crippen LogP contribution in [0.25, 0.3) is 0 Å². The molecule has 2 rings (SSSR count). The zero-order chi connectivity index (χ0) is 10.3. The van der Waals surface area contributed by atoms with Gasteiger partial charge in [-0.15, -0.1) is 10.2 Å². The molecule has 1 saturated carbocycles. The summed E-state index contributed by atoms with van der Waals surface area (Å²) in [6.45, 7) is 8.83. The normalized spacial score (nSPS) is 29.1. The second-order valence-corrected chi connectivity index (χ2v) is 4.97. The van der Waals surface area contributed by atoms with Crippen molar-refractivity contribution in [2.45, 2.75) is 40.5 Å². The first kappa shape index (κ1) is 9.69. The van der Waals surface area contributed by atoms with Gasteiger partial charge in [0.15, 0.2) is 0 Å². The molecule has 1 fully saturated rings. The van der Waals surface area contributed by atoms with Gasteiger partial charge in [0.1, 0.15) is 0 Å². The molecule has 1 aliphatic rings. The molecule has 0 spiro atoms. The third-order valence-corrected chi connectivity index (χ3v) is 3.86. The van der Waals surface area contributed by atoms with Crippen LogP contribution in [0.15, 0.2) is 4.42 Å². The van der Waals surface area contributed by atoms with Gasteiger partial charge < -0.3 is 4.42 Å². The minimum atomic E-state index is 0.523. The third kappa shape index (κ3) is 1.56. The van der Waals surface area contributed by atoms with Crippen molar-refractivity contribution < 1.29 is 4.42 Å². The monoisotopic (exact) mass is 194 g/mol. The lowest BCUT2D eigenvalue weighted by Crippen LogP contribution is -1.93. The topological polar surface area (TPSA) is 38.9 Å². The number of nitrogens with zero attached hydrogens (tertiary/aromatic N) is 2. The Bertz CT molecular complexity index is 330. The van der Waals surface area contributed by atoms with Crippen molar-refractivity contribution in [1.82, 2.24) is 10.2 Å². The quantitative estimate of drug-likeness (QED) is 0.742. The van der Waals surface area contributed by atoms with Crippen LogP contribution in [0.1, 0.15) is 39.0 Å². The number of aromatic nitrogens is 2. The van der Waals surface area contributed by atoms with E-state index in [1.54, 1.807) is 0 Å². The third-order valence-electron chi connectivity index (χ3n) is 3.86. The van der Waals surface area contributed by atoms with E-state index in [-0.39, 0.29) is 0 Å². The Kier molecular flexibility index (Phi) is 2.13. The minimum Gasteiger partial charge on any atom is -0.426 e. The standard InChI is InChI=1S/C11H18N2O/c1-7-9(11(7,3)4)5-6-10-13-12-8(2)14-10/h7,9H,5-6H2,1-4H3. The highest BCUT2D eigenvalue weighted by atomic mass is 16.4. The van der Waals surface area contributed by atoms with Gasteiger partial charge in [0, 0.05) is 13.3 Å². The van der Waals surface area contributed by atoms with Gasteiger partial charge in [0.2, 0.25) is 11.8 Å². The molecular formula is C11H18N2O. The fourth-order valence-corrected chi connectivity index (χ4v) is 2.36. The Hall–Kier alpha value is -0.860. The minimum absolute atomic E-state index is 0.523.